The third kappa shape index (κ3) is 3.28. The molecule has 2 N–H and O–H groups in total. The van der Waals surface area contributed by atoms with Crippen LogP contribution in [0.1, 0.15) is 42.9 Å². The normalized spacial score (nSPS) is 16.1. The van der Waals surface area contributed by atoms with E-state index < -0.39 is 0 Å². The third-order valence-electron chi connectivity index (χ3n) is 3.32. The predicted octanol–water partition coefficient (Wildman–Crippen LogP) is 3.08. The van der Waals surface area contributed by atoms with Gasteiger partial charge in [0.05, 0.1) is 5.69 Å². The first-order chi connectivity index (χ1) is 9.60. The van der Waals surface area contributed by atoms with Crippen molar-refractivity contribution in [3.05, 3.63) is 34.5 Å². The lowest BCUT2D eigenvalue weighted by atomic mass is 10.2. The van der Waals surface area contributed by atoms with Gasteiger partial charge >= 0.3 is 0 Å². The van der Waals surface area contributed by atoms with Crippen molar-refractivity contribution in [1.29, 1.82) is 0 Å². The van der Waals surface area contributed by atoms with Crippen LogP contribution in [-0.2, 0) is 6.42 Å². The Morgan fingerprint density at radius 1 is 1.40 bits per heavy atom. The molecule has 1 atom stereocenters. The van der Waals surface area contributed by atoms with Crippen LogP contribution in [0, 0.1) is 6.92 Å². The monoisotopic (exact) mass is 291 g/mol. The maximum Gasteiger partial charge on any atom is 0.135 e. The zero-order chi connectivity index (χ0) is 14.1. The summed E-state index contributed by atoms with van der Waals surface area (Å²) in [5, 5.41) is 11.1. The van der Waals surface area contributed by atoms with Gasteiger partial charge in [-0.1, -0.05) is 11.6 Å². The molecule has 5 nitrogen and oxygen atoms in total. The first kappa shape index (κ1) is 13.4. The molecule has 1 aliphatic rings. The Balaban J connectivity index is 1.67. The number of halogens is 1. The van der Waals surface area contributed by atoms with Gasteiger partial charge in [0.2, 0.25) is 0 Å². The summed E-state index contributed by atoms with van der Waals surface area (Å²) in [6, 6.07) is 4.07. The van der Waals surface area contributed by atoms with Gasteiger partial charge in [-0.15, -0.1) is 0 Å². The highest BCUT2D eigenvalue weighted by atomic mass is 35.5. The van der Waals surface area contributed by atoms with Gasteiger partial charge in [0, 0.05) is 30.1 Å². The highest BCUT2D eigenvalue weighted by Gasteiger charge is 2.27. The Bertz CT molecular complexity index is 605. The molecule has 0 saturated heterocycles. The van der Waals surface area contributed by atoms with E-state index in [2.05, 4.69) is 38.5 Å². The van der Waals surface area contributed by atoms with E-state index in [0.29, 0.717) is 11.1 Å². The highest BCUT2D eigenvalue weighted by molar-refractivity contribution is 6.29. The SMILES string of the molecule is Cc1cc(CC(C)Nc2cc(Cl)nc(C3CC3)n2)n[nH]1. The molecular formula is C14H18ClN5. The summed E-state index contributed by atoms with van der Waals surface area (Å²) in [6.45, 7) is 4.11. The minimum Gasteiger partial charge on any atom is -0.367 e. The van der Waals surface area contributed by atoms with E-state index in [4.69, 9.17) is 11.6 Å². The van der Waals surface area contributed by atoms with Gasteiger partial charge in [0.15, 0.2) is 0 Å². The standard InChI is InChI=1S/C14H18ClN5/c1-8(5-11-6-9(2)19-20-11)16-13-7-12(15)17-14(18-13)10-3-4-10/h6-8,10H,3-5H2,1-2H3,(H,19,20)(H,16,17,18). The van der Waals surface area contributed by atoms with Crippen LogP contribution in [0.4, 0.5) is 5.82 Å². The van der Waals surface area contributed by atoms with Crippen LogP contribution in [0.25, 0.3) is 0 Å². The summed E-state index contributed by atoms with van der Waals surface area (Å²) in [7, 11) is 0. The van der Waals surface area contributed by atoms with E-state index >= 15 is 0 Å². The molecule has 1 aliphatic carbocycles. The number of nitrogens with zero attached hydrogens (tertiary/aromatic N) is 3. The molecule has 0 amide bonds. The quantitative estimate of drug-likeness (QED) is 0.831. The molecule has 0 aliphatic heterocycles. The Labute approximate surface area is 123 Å². The molecule has 3 rings (SSSR count). The molecule has 2 aromatic rings. The summed E-state index contributed by atoms with van der Waals surface area (Å²) in [4.78, 5) is 8.83. The maximum absolute atomic E-state index is 6.06. The zero-order valence-electron chi connectivity index (χ0n) is 11.7. The van der Waals surface area contributed by atoms with Gasteiger partial charge in [0.25, 0.3) is 0 Å². The Kier molecular flexibility index (Phi) is 3.61. The van der Waals surface area contributed by atoms with Crippen molar-refractivity contribution in [3.8, 4) is 0 Å². The van der Waals surface area contributed by atoms with Crippen molar-refractivity contribution in [2.75, 3.05) is 5.32 Å². The number of nitrogens with one attached hydrogen (secondary N) is 2. The fourth-order valence-corrected chi connectivity index (χ4v) is 2.42. The second-order valence-electron chi connectivity index (χ2n) is 5.50. The van der Waals surface area contributed by atoms with E-state index in [1.807, 2.05) is 6.92 Å². The largest absolute Gasteiger partial charge is 0.367 e. The average Bonchev–Trinajstić information content (AvgIpc) is 3.13. The summed E-state index contributed by atoms with van der Waals surface area (Å²) >= 11 is 6.06. The van der Waals surface area contributed by atoms with Crippen LogP contribution in [-0.4, -0.2) is 26.2 Å². The maximum atomic E-state index is 6.06. The van der Waals surface area contributed by atoms with Crippen LogP contribution in [0.3, 0.4) is 0 Å². The number of aromatic nitrogens is 4. The molecule has 106 valence electrons. The molecule has 0 aromatic carbocycles. The molecule has 0 bridgehead atoms. The first-order valence-electron chi connectivity index (χ1n) is 6.92. The summed E-state index contributed by atoms with van der Waals surface area (Å²) in [5.41, 5.74) is 2.12. The molecule has 2 heterocycles. The second-order valence-corrected chi connectivity index (χ2v) is 5.89. The van der Waals surface area contributed by atoms with Crippen LogP contribution in [0.15, 0.2) is 12.1 Å². The molecule has 1 unspecified atom stereocenters. The lowest BCUT2D eigenvalue weighted by molar-refractivity contribution is 0.756. The van der Waals surface area contributed by atoms with Crippen molar-refractivity contribution < 1.29 is 0 Å². The van der Waals surface area contributed by atoms with Crippen molar-refractivity contribution >= 4 is 17.4 Å². The number of aromatic amines is 1. The summed E-state index contributed by atoms with van der Waals surface area (Å²) in [5.74, 6) is 2.16. The molecule has 0 spiro atoms. The Morgan fingerprint density at radius 2 is 2.20 bits per heavy atom. The summed E-state index contributed by atoms with van der Waals surface area (Å²) < 4.78 is 0. The molecule has 2 aromatic heterocycles. The van der Waals surface area contributed by atoms with Gasteiger partial charge in [-0.3, -0.25) is 5.10 Å². The number of hydrogen-bond acceptors (Lipinski definition) is 4. The van der Waals surface area contributed by atoms with Gasteiger partial charge in [-0.05, 0) is 32.8 Å². The zero-order valence-corrected chi connectivity index (χ0v) is 12.4. The van der Waals surface area contributed by atoms with Crippen molar-refractivity contribution in [1.82, 2.24) is 20.2 Å². The van der Waals surface area contributed by atoms with E-state index in [0.717, 1.165) is 29.5 Å². The molecule has 1 saturated carbocycles. The Morgan fingerprint density at radius 3 is 2.85 bits per heavy atom. The van der Waals surface area contributed by atoms with Gasteiger partial charge < -0.3 is 5.32 Å². The summed E-state index contributed by atoms with van der Waals surface area (Å²) in [6.07, 6.45) is 3.18. The van der Waals surface area contributed by atoms with Crippen LogP contribution >= 0.6 is 11.6 Å². The van der Waals surface area contributed by atoms with Crippen molar-refractivity contribution in [3.63, 3.8) is 0 Å². The van der Waals surface area contributed by atoms with E-state index in [9.17, 15) is 0 Å². The van der Waals surface area contributed by atoms with E-state index in [-0.39, 0.29) is 6.04 Å². The van der Waals surface area contributed by atoms with Crippen LogP contribution < -0.4 is 5.32 Å². The second kappa shape index (κ2) is 5.40. The number of anilines is 1. The topological polar surface area (TPSA) is 66.5 Å². The lowest BCUT2D eigenvalue weighted by Crippen LogP contribution is -2.19. The number of aryl methyl sites for hydroxylation is 1. The number of rotatable bonds is 5. The number of hydrogen-bond donors (Lipinski definition) is 2. The molecule has 20 heavy (non-hydrogen) atoms. The van der Waals surface area contributed by atoms with Crippen molar-refractivity contribution in [2.45, 2.75) is 45.1 Å². The molecule has 6 heteroatoms. The third-order valence-corrected chi connectivity index (χ3v) is 3.52. The fourth-order valence-electron chi connectivity index (χ4n) is 2.23. The fraction of sp³-hybridized carbons (Fsp3) is 0.500. The minimum absolute atomic E-state index is 0.232. The molecule has 1 fully saturated rings. The molecular weight excluding hydrogens is 274 g/mol. The Hall–Kier alpha value is -1.62. The van der Waals surface area contributed by atoms with Gasteiger partial charge in [-0.25, -0.2) is 9.97 Å². The van der Waals surface area contributed by atoms with Gasteiger partial charge in [-0.2, -0.15) is 5.10 Å². The van der Waals surface area contributed by atoms with Crippen LogP contribution in [0.2, 0.25) is 5.15 Å². The van der Waals surface area contributed by atoms with E-state index in [1.54, 1.807) is 6.07 Å². The average molecular weight is 292 g/mol. The smallest absolute Gasteiger partial charge is 0.135 e. The highest BCUT2D eigenvalue weighted by Crippen LogP contribution is 2.38. The van der Waals surface area contributed by atoms with E-state index in [1.165, 1.54) is 12.8 Å². The predicted molar refractivity (Wildman–Crippen MR) is 79.1 cm³/mol. The number of H-pyrrole nitrogens is 1. The van der Waals surface area contributed by atoms with Crippen LogP contribution in [0.5, 0.6) is 0 Å². The van der Waals surface area contributed by atoms with Crippen molar-refractivity contribution in [2.24, 2.45) is 0 Å². The minimum atomic E-state index is 0.232. The first-order valence-corrected chi connectivity index (χ1v) is 7.30. The molecule has 0 radical (unpaired) electrons. The van der Waals surface area contributed by atoms with Gasteiger partial charge in [0.1, 0.15) is 16.8 Å². The lowest BCUT2D eigenvalue weighted by Gasteiger charge is -2.14.